The maximum atomic E-state index is 14.0. The second kappa shape index (κ2) is 6.71. The Kier molecular flexibility index (Phi) is 4.65. The third-order valence-corrected chi connectivity index (χ3v) is 5.81. The lowest BCUT2D eigenvalue weighted by molar-refractivity contribution is 0.287. The van der Waals surface area contributed by atoms with Gasteiger partial charge in [-0.2, -0.15) is 5.26 Å². The molecule has 0 atom stereocenters. The number of hydrogen-bond acceptors (Lipinski definition) is 4. The SMILES string of the molecule is N#Cc1ccc(F)c(-c2ccc(CN3CCS(=O)(=O)CC3)cc2)c1. The number of nitrogens with zero attached hydrogens (tertiary/aromatic N) is 2. The summed E-state index contributed by atoms with van der Waals surface area (Å²) < 4.78 is 36.9. The van der Waals surface area contributed by atoms with Gasteiger partial charge in [0.25, 0.3) is 0 Å². The van der Waals surface area contributed by atoms with Crippen LogP contribution in [0.4, 0.5) is 4.39 Å². The van der Waals surface area contributed by atoms with Gasteiger partial charge in [-0.25, -0.2) is 12.8 Å². The highest BCUT2D eigenvalue weighted by molar-refractivity contribution is 7.91. The lowest BCUT2D eigenvalue weighted by atomic mass is 10.0. The number of halogens is 1. The molecule has 1 fully saturated rings. The number of nitriles is 1. The summed E-state index contributed by atoms with van der Waals surface area (Å²) >= 11 is 0. The Balaban J connectivity index is 1.73. The van der Waals surface area contributed by atoms with Crippen LogP contribution >= 0.6 is 0 Å². The molecule has 0 N–H and O–H groups in total. The Labute approximate surface area is 141 Å². The van der Waals surface area contributed by atoms with E-state index in [1.807, 2.05) is 30.3 Å². The summed E-state index contributed by atoms with van der Waals surface area (Å²) in [6, 6.07) is 13.8. The molecule has 2 aromatic rings. The van der Waals surface area contributed by atoms with Crippen LogP contribution in [-0.2, 0) is 16.4 Å². The predicted octanol–water partition coefficient (Wildman–Crippen LogP) is 2.59. The molecule has 1 saturated heterocycles. The monoisotopic (exact) mass is 344 g/mol. The highest BCUT2D eigenvalue weighted by atomic mass is 32.2. The van der Waals surface area contributed by atoms with Gasteiger partial charge in [0.15, 0.2) is 9.84 Å². The Morgan fingerprint density at radius 3 is 2.38 bits per heavy atom. The number of rotatable bonds is 3. The van der Waals surface area contributed by atoms with Crippen molar-refractivity contribution in [1.82, 2.24) is 4.90 Å². The maximum Gasteiger partial charge on any atom is 0.152 e. The third-order valence-electron chi connectivity index (χ3n) is 4.20. The largest absolute Gasteiger partial charge is 0.297 e. The molecule has 0 aromatic heterocycles. The van der Waals surface area contributed by atoms with E-state index in [1.54, 1.807) is 6.07 Å². The first kappa shape index (κ1) is 16.6. The minimum atomic E-state index is -2.87. The molecule has 0 aliphatic carbocycles. The van der Waals surface area contributed by atoms with E-state index in [0.717, 1.165) is 11.1 Å². The van der Waals surface area contributed by atoms with Crippen molar-refractivity contribution in [3.05, 3.63) is 59.4 Å². The van der Waals surface area contributed by atoms with Gasteiger partial charge in [0.2, 0.25) is 0 Å². The van der Waals surface area contributed by atoms with E-state index >= 15 is 0 Å². The Morgan fingerprint density at radius 2 is 1.75 bits per heavy atom. The molecule has 1 aliphatic rings. The highest BCUT2D eigenvalue weighted by Gasteiger charge is 2.21. The van der Waals surface area contributed by atoms with Gasteiger partial charge in [-0.3, -0.25) is 4.90 Å². The van der Waals surface area contributed by atoms with Crippen LogP contribution < -0.4 is 0 Å². The van der Waals surface area contributed by atoms with Crippen molar-refractivity contribution in [3.8, 4) is 17.2 Å². The molecule has 3 rings (SSSR count). The zero-order valence-corrected chi connectivity index (χ0v) is 13.9. The summed E-state index contributed by atoms with van der Waals surface area (Å²) in [7, 11) is -2.87. The highest BCUT2D eigenvalue weighted by Crippen LogP contribution is 2.24. The van der Waals surface area contributed by atoms with E-state index in [-0.39, 0.29) is 17.3 Å². The summed E-state index contributed by atoms with van der Waals surface area (Å²) in [6.07, 6.45) is 0. The Morgan fingerprint density at radius 1 is 1.08 bits per heavy atom. The second-order valence-corrected chi connectivity index (χ2v) is 8.23. The molecule has 0 radical (unpaired) electrons. The lowest BCUT2D eigenvalue weighted by Crippen LogP contribution is -2.39. The fraction of sp³-hybridized carbons (Fsp3) is 0.278. The summed E-state index contributed by atoms with van der Waals surface area (Å²) in [6.45, 7) is 1.77. The normalized spacial score (nSPS) is 17.3. The van der Waals surface area contributed by atoms with E-state index in [2.05, 4.69) is 4.90 Å². The van der Waals surface area contributed by atoms with Gasteiger partial charge >= 0.3 is 0 Å². The van der Waals surface area contributed by atoms with Crippen LogP contribution in [0.2, 0.25) is 0 Å². The van der Waals surface area contributed by atoms with E-state index < -0.39 is 9.84 Å². The molecule has 0 saturated carbocycles. The molecule has 24 heavy (non-hydrogen) atoms. The predicted molar refractivity (Wildman–Crippen MR) is 90.5 cm³/mol. The van der Waals surface area contributed by atoms with Crippen LogP contribution in [0, 0.1) is 17.1 Å². The molecular formula is C18H17FN2O2S. The first-order chi connectivity index (χ1) is 11.5. The number of benzene rings is 2. The first-order valence-corrected chi connectivity index (χ1v) is 9.51. The van der Waals surface area contributed by atoms with Crippen LogP contribution in [0.5, 0.6) is 0 Å². The van der Waals surface area contributed by atoms with Gasteiger partial charge in [0.1, 0.15) is 5.82 Å². The Hall–Kier alpha value is -2.23. The van der Waals surface area contributed by atoms with Gasteiger partial charge in [0.05, 0.1) is 23.1 Å². The molecule has 1 heterocycles. The molecule has 2 aromatic carbocycles. The average Bonchev–Trinajstić information content (AvgIpc) is 2.58. The van der Waals surface area contributed by atoms with E-state index in [1.165, 1.54) is 12.1 Å². The van der Waals surface area contributed by atoms with Crippen molar-refractivity contribution < 1.29 is 12.8 Å². The molecule has 0 unspecified atom stereocenters. The van der Waals surface area contributed by atoms with E-state index in [0.29, 0.717) is 30.8 Å². The molecule has 6 heteroatoms. The first-order valence-electron chi connectivity index (χ1n) is 7.68. The van der Waals surface area contributed by atoms with Crippen molar-refractivity contribution in [2.45, 2.75) is 6.54 Å². The molecule has 4 nitrogen and oxygen atoms in total. The standard InChI is InChI=1S/C18H17FN2O2S/c19-18-6-3-15(12-20)11-17(18)16-4-1-14(2-5-16)13-21-7-9-24(22,23)10-8-21/h1-6,11H,7-10,13H2. The van der Waals surface area contributed by atoms with Crippen molar-refractivity contribution in [2.24, 2.45) is 0 Å². The molecule has 0 bridgehead atoms. The van der Waals surface area contributed by atoms with Crippen LogP contribution in [0.1, 0.15) is 11.1 Å². The molecular weight excluding hydrogens is 327 g/mol. The smallest absolute Gasteiger partial charge is 0.152 e. The van der Waals surface area contributed by atoms with Crippen molar-refractivity contribution in [1.29, 1.82) is 5.26 Å². The summed E-state index contributed by atoms with van der Waals surface area (Å²) in [5, 5.41) is 8.94. The van der Waals surface area contributed by atoms with Crippen LogP contribution in [0.15, 0.2) is 42.5 Å². The van der Waals surface area contributed by atoms with E-state index in [9.17, 15) is 12.8 Å². The lowest BCUT2D eigenvalue weighted by Gasteiger charge is -2.26. The second-order valence-electron chi connectivity index (χ2n) is 5.93. The summed E-state index contributed by atoms with van der Waals surface area (Å²) in [5.41, 5.74) is 2.60. The minimum absolute atomic E-state index is 0.206. The van der Waals surface area contributed by atoms with Crippen LogP contribution in [-0.4, -0.2) is 37.9 Å². The zero-order valence-electron chi connectivity index (χ0n) is 13.1. The molecule has 124 valence electrons. The maximum absolute atomic E-state index is 14.0. The number of hydrogen-bond donors (Lipinski definition) is 0. The quantitative estimate of drug-likeness (QED) is 0.859. The zero-order chi connectivity index (χ0) is 17.2. The fourth-order valence-electron chi connectivity index (χ4n) is 2.77. The van der Waals surface area contributed by atoms with Gasteiger partial charge in [-0.1, -0.05) is 24.3 Å². The van der Waals surface area contributed by atoms with Crippen molar-refractivity contribution >= 4 is 9.84 Å². The van der Waals surface area contributed by atoms with Gasteiger partial charge < -0.3 is 0 Å². The molecule has 0 amide bonds. The minimum Gasteiger partial charge on any atom is -0.297 e. The van der Waals surface area contributed by atoms with Crippen LogP contribution in [0.25, 0.3) is 11.1 Å². The van der Waals surface area contributed by atoms with Crippen molar-refractivity contribution in [3.63, 3.8) is 0 Å². The third kappa shape index (κ3) is 3.81. The average molecular weight is 344 g/mol. The number of sulfone groups is 1. The topological polar surface area (TPSA) is 61.2 Å². The summed E-state index contributed by atoms with van der Waals surface area (Å²) in [5.74, 6) is 0.0529. The van der Waals surface area contributed by atoms with Gasteiger partial charge in [0, 0.05) is 25.2 Å². The van der Waals surface area contributed by atoms with Gasteiger partial charge in [-0.05, 0) is 29.3 Å². The van der Waals surface area contributed by atoms with Gasteiger partial charge in [-0.15, -0.1) is 0 Å². The van der Waals surface area contributed by atoms with E-state index in [4.69, 9.17) is 5.26 Å². The molecule has 0 spiro atoms. The van der Waals surface area contributed by atoms with Crippen molar-refractivity contribution in [2.75, 3.05) is 24.6 Å². The Bertz CT molecular complexity index is 872. The summed E-state index contributed by atoms with van der Waals surface area (Å²) in [4.78, 5) is 2.10. The fourth-order valence-corrected chi connectivity index (χ4v) is 4.05. The van der Waals surface area contributed by atoms with Crippen LogP contribution in [0.3, 0.4) is 0 Å². The molecule has 1 aliphatic heterocycles.